The summed E-state index contributed by atoms with van der Waals surface area (Å²) in [5.41, 5.74) is 1.75. The maximum Gasteiger partial charge on any atom is 0.133 e. The van der Waals surface area contributed by atoms with Crippen molar-refractivity contribution in [1.82, 2.24) is 0 Å². The predicted octanol–water partition coefficient (Wildman–Crippen LogP) is 4.66. The number of ether oxygens (including phenoxy) is 1. The number of hydrogen-bond donors (Lipinski definition) is 0. The van der Waals surface area contributed by atoms with E-state index in [2.05, 4.69) is 0 Å². The summed E-state index contributed by atoms with van der Waals surface area (Å²) in [7, 11) is 0. The Balaban J connectivity index is 1.73. The third-order valence-electron chi connectivity index (χ3n) is 2.93. The molecule has 0 amide bonds. The minimum atomic E-state index is -0.254. The van der Waals surface area contributed by atoms with Gasteiger partial charge in [-0.1, -0.05) is 24.3 Å². The Labute approximate surface area is 116 Å². The zero-order chi connectivity index (χ0) is 13.8. The minimum absolute atomic E-state index is 0.254. The number of furan rings is 1. The molecular formula is C17H13FO2. The maximum absolute atomic E-state index is 13.1. The van der Waals surface area contributed by atoms with E-state index in [9.17, 15) is 4.39 Å². The Morgan fingerprint density at radius 1 is 0.950 bits per heavy atom. The lowest BCUT2D eigenvalue weighted by Crippen LogP contribution is -1.95. The van der Waals surface area contributed by atoms with Crippen LogP contribution < -0.4 is 4.74 Å². The summed E-state index contributed by atoms with van der Waals surface area (Å²) in [6.45, 7) is 0.333. The van der Waals surface area contributed by atoms with Crippen LogP contribution in [0.15, 0.2) is 71.3 Å². The van der Waals surface area contributed by atoms with Crippen LogP contribution in [0.25, 0.3) is 11.3 Å². The predicted molar refractivity (Wildman–Crippen MR) is 74.9 cm³/mol. The Kier molecular flexibility index (Phi) is 3.50. The summed E-state index contributed by atoms with van der Waals surface area (Å²) in [6, 6.07) is 17.8. The second kappa shape index (κ2) is 5.61. The van der Waals surface area contributed by atoms with Crippen molar-refractivity contribution in [2.75, 3.05) is 0 Å². The van der Waals surface area contributed by atoms with E-state index in [1.54, 1.807) is 12.3 Å². The SMILES string of the molecule is Fc1cccc(COc2cccc(-c3ccco3)c2)c1. The largest absolute Gasteiger partial charge is 0.489 e. The zero-order valence-electron chi connectivity index (χ0n) is 10.8. The van der Waals surface area contributed by atoms with Crippen molar-refractivity contribution >= 4 is 0 Å². The first-order valence-corrected chi connectivity index (χ1v) is 6.32. The van der Waals surface area contributed by atoms with Crippen LogP contribution in [0.1, 0.15) is 5.56 Å². The van der Waals surface area contributed by atoms with Crippen LogP contribution in [-0.4, -0.2) is 0 Å². The fraction of sp³-hybridized carbons (Fsp3) is 0.0588. The Morgan fingerprint density at radius 3 is 2.65 bits per heavy atom. The van der Waals surface area contributed by atoms with Gasteiger partial charge in [-0.15, -0.1) is 0 Å². The molecule has 1 aromatic heterocycles. The van der Waals surface area contributed by atoms with Crippen LogP contribution >= 0.6 is 0 Å². The fourth-order valence-electron chi connectivity index (χ4n) is 1.98. The summed E-state index contributed by atoms with van der Waals surface area (Å²) >= 11 is 0. The van der Waals surface area contributed by atoms with Crippen molar-refractivity contribution in [2.45, 2.75) is 6.61 Å². The fourth-order valence-corrected chi connectivity index (χ4v) is 1.98. The van der Waals surface area contributed by atoms with Gasteiger partial charge in [0.05, 0.1) is 6.26 Å². The lowest BCUT2D eigenvalue weighted by atomic mass is 10.1. The lowest BCUT2D eigenvalue weighted by molar-refractivity contribution is 0.305. The number of benzene rings is 2. The quantitative estimate of drug-likeness (QED) is 0.686. The van der Waals surface area contributed by atoms with E-state index in [4.69, 9.17) is 9.15 Å². The highest BCUT2D eigenvalue weighted by Crippen LogP contribution is 2.24. The Hall–Kier alpha value is -2.55. The second-order valence-electron chi connectivity index (χ2n) is 4.42. The van der Waals surface area contributed by atoms with Gasteiger partial charge in [0.15, 0.2) is 0 Å². The molecule has 1 heterocycles. The maximum atomic E-state index is 13.1. The monoisotopic (exact) mass is 268 g/mol. The molecule has 0 radical (unpaired) electrons. The Bertz CT molecular complexity index is 690. The molecule has 2 aromatic carbocycles. The molecule has 0 bridgehead atoms. The summed E-state index contributed by atoms with van der Waals surface area (Å²) in [4.78, 5) is 0. The van der Waals surface area contributed by atoms with Gasteiger partial charge >= 0.3 is 0 Å². The number of rotatable bonds is 4. The summed E-state index contributed by atoms with van der Waals surface area (Å²) in [5.74, 6) is 1.26. The van der Waals surface area contributed by atoms with Crippen molar-refractivity contribution in [2.24, 2.45) is 0 Å². The van der Waals surface area contributed by atoms with E-state index < -0.39 is 0 Å². The Morgan fingerprint density at radius 2 is 1.85 bits per heavy atom. The van der Waals surface area contributed by atoms with Gasteiger partial charge in [0.1, 0.15) is 23.9 Å². The molecule has 0 aliphatic carbocycles. The van der Waals surface area contributed by atoms with E-state index in [1.165, 1.54) is 12.1 Å². The summed E-state index contributed by atoms with van der Waals surface area (Å²) < 4.78 is 24.1. The van der Waals surface area contributed by atoms with Crippen LogP contribution in [0.2, 0.25) is 0 Å². The molecule has 3 aromatic rings. The van der Waals surface area contributed by atoms with Crippen molar-refractivity contribution in [1.29, 1.82) is 0 Å². The molecule has 0 N–H and O–H groups in total. The molecule has 3 rings (SSSR count). The molecular weight excluding hydrogens is 255 g/mol. The van der Waals surface area contributed by atoms with Gasteiger partial charge in [0, 0.05) is 5.56 Å². The van der Waals surface area contributed by atoms with Crippen LogP contribution in [0.5, 0.6) is 5.75 Å². The van der Waals surface area contributed by atoms with Crippen molar-refractivity contribution in [3.05, 3.63) is 78.3 Å². The standard InChI is InChI=1S/C17H13FO2/c18-15-6-1-4-13(10-15)12-20-16-7-2-5-14(11-16)17-8-3-9-19-17/h1-11H,12H2. The van der Waals surface area contributed by atoms with Crippen molar-refractivity contribution in [3.63, 3.8) is 0 Å². The number of halogens is 1. The first-order valence-electron chi connectivity index (χ1n) is 6.32. The third kappa shape index (κ3) is 2.88. The van der Waals surface area contributed by atoms with E-state index >= 15 is 0 Å². The van der Waals surface area contributed by atoms with Gasteiger partial charge in [-0.05, 0) is 42.0 Å². The molecule has 0 aliphatic rings. The molecule has 100 valence electrons. The third-order valence-corrected chi connectivity index (χ3v) is 2.93. The van der Waals surface area contributed by atoms with Crippen molar-refractivity contribution in [3.8, 4) is 17.1 Å². The molecule has 0 saturated heterocycles. The van der Waals surface area contributed by atoms with E-state index in [-0.39, 0.29) is 5.82 Å². The molecule has 0 unspecified atom stereocenters. The van der Waals surface area contributed by atoms with E-state index in [1.807, 2.05) is 42.5 Å². The van der Waals surface area contributed by atoms with Gasteiger partial charge in [0.25, 0.3) is 0 Å². The summed E-state index contributed by atoms with van der Waals surface area (Å²) in [6.07, 6.45) is 1.63. The van der Waals surface area contributed by atoms with Gasteiger partial charge in [-0.25, -0.2) is 4.39 Å². The van der Waals surface area contributed by atoms with Crippen LogP contribution in [-0.2, 0) is 6.61 Å². The lowest BCUT2D eigenvalue weighted by Gasteiger charge is -2.07. The van der Waals surface area contributed by atoms with Crippen LogP contribution in [0.4, 0.5) is 4.39 Å². The molecule has 0 atom stereocenters. The van der Waals surface area contributed by atoms with E-state index in [0.29, 0.717) is 6.61 Å². The topological polar surface area (TPSA) is 22.4 Å². The highest BCUT2D eigenvalue weighted by Gasteiger charge is 2.03. The average Bonchev–Trinajstić information content (AvgIpc) is 3.00. The average molecular weight is 268 g/mol. The van der Waals surface area contributed by atoms with Gasteiger partial charge in [-0.2, -0.15) is 0 Å². The minimum Gasteiger partial charge on any atom is -0.489 e. The van der Waals surface area contributed by atoms with Gasteiger partial charge in [0.2, 0.25) is 0 Å². The highest BCUT2D eigenvalue weighted by molar-refractivity contribution is 5.59. The first-order chi connectivity index (χ1) is 9.81. The molecule has 0 spiro atoms. The zero-order valence-corrected chi connectivity index (χ0v) is 10.8. The normalized spacial score (nSPS) is 10.4. The molecule has 20 heavy (non-hydrogen) atoms. The van der Waals surface area contributed by atoms with Crippen LogP contribution in [0.3, 0.4) is 0 Å². The molecule has 0 fully saturated rings. The van der Waals surface area contributed by atoms with Crippen molar-refractivity contribution < 1.29 is 13.5 Å². The van der Waals surface area contributed by atoms with E-state index in [0.717, 1.165) is 22.6 Å². The molecule has 0 saturated carbocycles. The number of hydrogen-bond acceptors (Lipinski definition) is 2. The van der Waals surface area contributed by atoms with Gasteiger partial charge in [-0.3, -0.25) is 0 Å². The smallest absolute Gasteiger partial charge is 0.133 e. The highest BCUT2D eigenvalue weighted by atomic mass is 19.1. The second-order valence-corrected chi connectivity index (χ2v) is 4.42. The first kappa shape index (κ1) is 12.5. The molecule has 0 aliphatic heterocycles. The molecule has 3 heteroatoms. The summed E-state index contributed by atoms with van der Waals surface area (Å²) in [5, 5.41) is 0. The van der Waals surface area contributed by atoms with Crippen LogP contribution in [0, 0.1) is 5.82 Å². The molecule has 2 nitrogen and oxygen atoms in total. The van der Waals surface area contributed by atoms with Gasteiger partial charge < -0.3 is 9.15 Å².